The summed E-state index contributed by atoms with van der Waals surface area (Å²) >= 11 is 0. The van der Waals surface area contributed by atoms with Gasteiger partial charge in [0.15, 0.2) is 5.71 Å². The minimum Gasteiger partial charge on any atom is -0.347 e. The molecule has 5 rings (SSSR count). The third-order valence-corrected chi connectivity index (χ3v) is 11.0. The summed E-state index contributed by atoms with van der Waals surface area (Å²) in [4.78, 5) is 2.25. The zero-order valence-corrected chi connectivity index (χ0v) is 27.1. The van der Waals surface area contributed by atoms with E-state index >= 15 is 0 Å². The summed E-state index contributed by atoms with van der Waals surface area (Å²) in [6, 6.07) is 17.0. The van der Waals surface area contributed by atoms with Crippen LogP contribution in [0, 0.1) is 0 Å². The van der Waals surface area contributed by atoms with Crippen LogP contribution in [0.5, 0.6) is 0 Å². The van der Waals surface area contributed by atoms with Gasteiger partial charge in [0, 0.05) is 54.6 Å². The topological polar surface area (TPSA) is 55.7 Å². The Morgan fingerprint density at radius 3 is 2.19 bits per heavy atom. The lowest BCUT2D eigenvalue weighted by Gasteiger charge is -2.24. The number of hydrogen-bond acceptors (Lipinski definition) is 3. The lowest BCUT2D eigenvalue weighted by Crippen LogP contribution is -2.40. The third kappa shape index (κ3) is 4.96. The van der Waals surface area contributed by atoms with Gasteiger partial charge >= 0.3 is 10.2 Å². The molecule has 7 heteroatoms. The molecule has 0 fully saturated rings. The molecular weight excluding hydrogens is 540 g/mol. The predicted molar refractivity (Wildman–Crippen MR) is 175 cm³/mol. The molecule has 0 amide bonds. The van der Waals surface area contributed by atoms with Gasteiger partial charge in [-0.25, -0.2) is 0 Å². The van der Waals surface area contributed by atoms with Gasteiger partial charge in [-0.15, -0.1) is 0 Å². The van der Waals surface area contributed by atoms with Gasteiger partial charge in [-0.2, -0.15) is 17.3 Å². The van der Waals surface area contributed by atoms with E-state index < -0.39 is 10.2 Å². The van der Waals surface area contributed by atoms with Crippen molar-refractivity contribution in [3.05, 3.63) is 107 Å². The SMILES string of the molecule is CCN(CC)S(=O)(=O)NC1=C(/C=C/C2=[N+](C)c3ccccc3C2(C)C)CC/C1=C\C=C1\N(C)c2ccccc2C1(C)C. The Balaban J connectivity index is 1.56. The number of benzene rings is 2. The van der Waals surface area contributed by atoms with Crippen LogP contribution >= 0.6 is 0 Å². The first-order valence-electron chi connectivity index (χ1n) is 15.0. The molecule has 42 heavy (non-hydrogen) atoms. The fourth-order valence-corrected chi connectivity index (χ4v) is 8.24. The second-order valence-corrected chi connectivity index (χ2v) is 14.1. The number of anilines is 1. The standard InChI is InChI=1S/C35H44N4O2S/c1-9-39(10-2)42(40,41)36-33-25(21-23-31-34(3,4)27-15-11-13-17-29(27)37(31)7)19-20-26(33)22-24-32-35(5,6)28-16-12-14-18-30(28)38(32)8/h11-18,21-24H,9-10,19-20H2,1-8H3/p+1/b25-21+,31-23+. The van der Waals surface area contributed by atoms with E-state index in [0.29, 0.717) is 18.8 Å². The Hall–Kier alpha value is -3.42. The molecule has 2 aromatic carbocycles. The monoisotopic (exact) mass is 585 g/mol. The van der Waals surface area contributed by atoms with Crippen LogP contribution in [0.2, 0.25) is 0 Å². The van der Waals surface area contributed by atoms with Crippen molar-refractivity contribution in [2.45, 2.75) is 65.2 Å². The van der Waals surface area contributed by atoms with Crippen LogP contribution in [-0.4, -0.2) is 50.2 Å². The Morgan fingerprint density at radius 1 is 0.905 bits per heavy atom. The molecule has 0 radical (unpaired) electrons. The highest BCUT2D eigenvalue weighted by atomic mass is 32.2. The van der Waals surface area contributed by atoms with E-state index in [1.165, 1.54) is 38.2 Å². The molecule has 0 aromatic heterocycles. The van der Waals surface area contributed by atoms with Gasteiger partial charge in [-0.05, 0) is 55.5 Å². The zero-order chi connectivity index (χ0) is 30.4. The maximum Gasteiger partial charge on any atom is 0.301 e. The maximum absolute atomic E-state index is 13.5. The minimum atomic E-state index is -3.70. The summed E-state index contributed by atoms with van der Waals surface area (Å²) in [5.41, 5.74) is 9.79. The average Bonchev–Trinajstić information content (AvgIpc) is 3.48. The minimum absolute atomic E-state index is 0.154. The van der Waals surface area contributed by atoms with Crippen LogP contribution in [0.15, 0.2) is 95.4 Å². The first-order valence-corrected chi connectivity index (χ1v) is 16.4. The number of para-hydroxylation sites is 2. The summed E-state index contributed by atoms with van der Waals surface area (Å²) in [7, 11) is 0.515. The second kappa shape index (κ2) is 11.0. The van der Waals surface area contributed by atoms with Crippen LogP contribution in [0.1, 0.15) is 65.5 Å². The number of rotatable bonds is 8. The fraction of sp³-hybridized carbons (Fsp3) is 0.400. The van der Waals surface area contributed by atoms with Gasteiger partial charge in [0.25, 0.3) is 0 Å². The van der Waals surface area contributed by atoms with E-state index in [9.17, 15) is 8.42 Å². The van der Waals surface area contributed by atoms with Gasteiger partial charge in [0.1, 0.15) is 7.05 Å². The molecule has 3 aliphatic rings. The van der Waals surface area contributed by atoms with E-state index in [1.54, 1.807) is 0 Å². The fourth-order valence-electron chi connectivity index (χ4n) is 6.91. The zero-order valence-electron chi connectivity index (χ0n) is 26.3. The van der Waals surface area contributed by atoms with Crippen molar-refractivity contribution in [3.63, 3.8) is 0 Å². The summed E-state index contributed by atoms with van der Waals surface area (Å²) < 4.78 is 33.6. The Kier molecular flexibility index (Phi) is 7.88. The average molecular weight is 586 g/mol. The first-order chi connectivity index (χ1) is 19.8. The van der Waals surface area contributed by atoms with Gasteiger partial charge in [0.05, 0.1) is 11.1 Å². The lowest BCUT2D eigenvalue weighted by atomic mass is 9.81. The number of allylic oxidation sites excluding steroid dienone is 7. The van der Waals surface area contributed by atoms with E-state index in [-0.39, 0.29) is 10.8 Å². The normalized spacial score (nSPS) is 21.4. The summed E-state index contributed by atoms with van der Waals surface area (Å²) in [5, 5.41) is 0. The smallest absolute Gasteiger partial charge is 0.301 e. The molecule has 0 unspecified atom stereocenters. The number of fused-ring (bicyclic) bond motifs is 2. The van der Waals surface area contributed by atoms with E-state index in [2.05, 4.69) is 129 Å². The lowest BCUT2D eigenvalue weighted by molar-refractivity contribution is -0.401. The maximum atomic E-state index is 13.5. The van der Waals surface area contributed by atoms with E-state index in [1.807, 2.05) is 13.8 Å². The van der Waals surface area contributed by atoms with E-state index in [4.69, 9.17) is 0 Å². The molecule has 1 N–H and O–H groups in total. The van der Waals surface area contributed by atoms with Crippen molar-refractivity contribution in [1.82, 2.24) is 9.03 Å². The van der Waals surface area contributed by atoms with Crippen molar-refractivity contribution < 1.29 is 13.0 Å². The number of likely N-dealkylation sites (N-methyl/N-ethyl adjacent to an activating group) is 1. The molecule has 0 saturated carbocycles. The summed E-state index contributed by atoms with van der Waals surface area (Å²) in [5.74, 6) is 0. The third-order valence-electron chi connectivity index (χ3n) is 9.35. The molecule has 0 bridgehead atoms. The van der Waals surface area contributed by atoms with Gasteiger partial charge in [0.2, 0.25) is 5.69 Å². The number of nitrogens with one attached hydrogen (secondary N) is 1. The van der Waals surface area contributed by atoms with Crippen molar-refractivity contribution in [2.75, 3.05) is 32.1 Å². The van der Waals surface area contributed by atoms with Crippen molar-refractivity contribution in [3.8, 4) is 0 Å². The van der Waals surface area contributed by atoms with Crippen molar-refractivity contribution >= 4 is 27.3 Å². The van der Waals surface area contributed by atoms with Crippen LogP contribution in [-0.2, 0) is 21.0 Å². The summed E-state index contributed by atoms with van der Waals surface area (Å²) in [6.45, 7) is 13.6. The molecular formula is C35H45N4O2S+. The highest BCUT2D eigenvalue weighted by Crippen LogP contribution is 2.47. The van der Waals surface area contributed by atoms with Crippen LogP contribution in [0.3, 0.4) is 0 Å². The first kappa shape index (κ1) is 30.1. The largest absolute Gasteiger partial charge is 0.347 e. The molecule has 222 valence electrons. The van der Waals surface area contributed by atoms with Crippen LogP contribution in [0.25, 0.3) is 0 Å². The Bertz CT molecular complexity index is 1670. The number of nitrogens with zero attached hydrogens (tertiary/aromatic N) is 3. The van der Waals surface area contributed by atoms with E-state index in [0.717, 1.165) is 24.0 Å². The van der Waals surface area contributed by atoms with Crippen molar-refractivity contribution in [1.29, 1.82) is 0 Å². The molecule has 6 nitrogen and oxygen atoms in total. The predicted octanol–water partition coefficient (Wildman–Crippen LogP) is 6.71. The summed E-state index contributed by atoms with van der Waals surface area (Å²) in [6.07, 6.45) is 10.1. The van der Waals surface area contributed by atoms with Crippen LogP contribution in [0.4, 0.5) is 11.4 Å². The highest BCUT2D eigenvalue weighted by molar-refractivity contribution is 7.87. The van der Waals surface area contributed by atoms with Gasteiger partial charge in [-0.1, -0.05) is 76.2 Å². The van der Waals surface area contributed by atoms with Crippen LogP contribution < -0.4 is 9.62 Å². The number of hydrogen-bond donors (Lipinski definition) is 1. The van der Waals surface area contributed by atoms with Crippen molar-refractivity contribution in [2.24, 2.45) is 0 Å². The molecule has 1 aliphatic carbocycles. The molecule has 2 aromatic rings. The molecule has 2 heterocycles. The molecule has 0 saturated heterocycles. The quantitative estimate of drug-likeness (QED) is 0.351. The molecule has 2 aliphatic heterocycles. The van der Waals surface area contributed by atoms with Gasteiger partial charge in [-0.3, -0.25) is 4.72 Å². The Morgan fingerprint density at radius 2 is 1.55 bits per heavy atom. The highest BCUT2D eigenvalue weighted by Gasteiger charge is 2.43. The van der Waals surface area contributed by atoms with Gasteiger partial charge < -0.3 is 4.90 Å². The molecule has 0 atom stereocenters. The molecule has 0 spiro atoms. The second-order valence-electron chi connectivity index (χ2n) is 12.5. The Labute approximate surface area is 252 Å².